The zero-order valence-electron chi connectivity index (χ0n) is 12.9. The van der Waals surface area contributed by atoms with Crippen LogP contribution in [0.25, 0.3) is 0 Å². The van der Waals surface area contributed by atoms with Crippen molar-refractivity contribution < 1.29 is 9.53 Å². The number of amides is 1. The number of halogens is 1. The zero-order chi connectivity index (χ0) is 14.5. The molecule has 2 rings (SSSR count). The Morgan fingerprint density at radius 3 is 2.67 bits per heavy atom. The van der Waals surface area contributed by atoms with Crippen molar-refractivity contribution in [2.45, 2.75) is 51.8 Å². The van der Waals surface area contributed by atoms with Crippen molar-refractivity contribution in [1.82, 2.24) is 10.6 Å². The van der Waals surface area contributed by atoms with Gasteiger partial charge in [0, 0.05) is 12.1 Å². The first kappa shape index (κ1) is 17.8. The highest BCUT2D eigenvalue weighted by atomic mass is 35.5. The van der Waals surface area contributed by atoms with E-state index in [1.807, 2.05) is 31.2 Å². The quantitative estimate of drug-likeness (QED) is 0.898. The molecular weight excluding hydrogens is 288 g/mol. The number of hydrogen-bond acceptors (Lipinski definition) is 3. The Balaban J connectivity index is 0.00000220. The summed E-state index contributed by atoms with van der Waals surface area (Å²) in [5.41, 5.74) is 1.18. The van der Waals surface area contributed by atoms with Gasteiger partial charge in [0.15, 0.2) is 6.10 Å². The van der Waals surface area contributed by atoms with Crippen molar-refractivity contribution in [2.24, 2.45) is 0 Å². The number of carbonyl (C=O) groups excluding carboxylic acids is 1. The Morgan fingerprint density at radius 1 is 1.38 bits per heavy atom. The van der Waals surface area contributed by atoms with Gasteiger partial charge in [-0.05, 0) is 52.3 Å². The van der Waals surface area contributed by atoms with Crippen LogP contribution < -0.4 is 15.4 Å². The van der Waals surface area contributed by atoms with Gasteiger partial charge in [0.1, 0.15) is 5.75 Å². The van der Waals surface area contributed by atoms with Gasteiger partial charge in [-0.25, -0.2) is 0 Å². The van der Waals surface area contributed by atoms with Gasteiger partial charge in [-0.15, -0.1) is 12.4 Å². The molecule has 0 bridgehead atoms. The van der Waals surface area contributed by atoms with Crippen molar-refractivity contribution in [3.8, 4) is 5.75 Å². The van der Waals surface area contributed by atoms with Crippen LogP contribution in [-0.2, 0) is 4.79 Å². The van der Waals surface area contributed by atoms with Crippen molar-refractivity contribution in [3.63, 3.8) is 0 Å². The second kappa shape index (κ2) is 8.25. The Bertz CT molecular complexity index is 450. The van der Waals surface area contributed by atoms with E-state index in [0.717, 1.165) is 25.1 Å². The molecule has 0 saturated carbocycles. The molecular formula is C16H25ClN2O2. The molecule has 0 spiro atoms. The summed E-state index contributed by atoms with van der Waals surface area (Å²) in [6.07, 6.45) is 1.64. The maximum Gasteiger partial charge on any atom is 0.261 e. The maximum absolute atomic E-state index is 12.2. The van der Waals surface area contributed by atoms with Crippen LogP contribution in [0.3, 0.4) is 0 Å². The average molecular weight is 313 g/mol. The summed E-state index contributed by atoms with van der Waals surface area (Å²) in [5.74, 6) is 0.680. The normalized spacial score (nSPS) is 22.8. The van der Waals surface area contributed by atoms with Crippen LogP contribution in [0, 0.1) is 6.92 Å². The van der Waals surface area contributed by atoms with Gasteiger partial charge in [-0.1, -0.05) is 17.7 Å². The van der Waals surface area contributed by atoms with E-state index in [9.17, 15) is 4.79 Å². The monoisotopic (exact) mass is 312 g/mol. The number of carbonyl (C=O) groups is 1. The largest absolute Gasteiger partial charge is 0.481 e. The van der Waals surface area contributed by atoms with Gasteiger partial charge in [-0.3, -0.25) is 4.79 Å². The van der Waals surface area contributed by atoms with E-state index in [1.54, 1.807) is 6.92 Å². The molecule has 1 aliphatic heterocycles. The number of hydrogen-bond donors (Lipinski definition) is 2. The highest BCUT2D eigenvalue weighted by molar-refractivity contribution is 5.85. The minimum absolute atomic E-state index is 0. The second-order valence-corrected chi connectivity index (χ2v) is 5.57. The third-order valence-electron chi connectivity index (χ3n) is 3.79. The molecule has 1 saturated heterocycles. The van der Waals surface area contributed by atoms with E-state index in [-0.39, 0.29) is 24.4 Å². The minimum atomic E-state index is -0.480. The van der Waals surface area contributed by atoms with E-state index in [1.165, 1.54) is 5.56 Å². The van der Waals surface area contributed by atoms with Gasteiger partial charge in [0.25, 0.3) is 5.91 Å². The van der Waals surface area contributed by atoms with Crippen molar-refractivity contribution in [3.05, 3.63) is 29.8 Å². The van der Waals surface area contributed by atoms with Crippen LogP contribution in [0.5, 0.6) is 5.75 Å². The predicted octanol–water partition coefficient (Wildman–Crippen LogP) is 2.44. The summed E-state index contributed by atoms with van der Waals surface area (Å²) < 4.78 is 5.68. The fourth-order valence-corrected chi connectivity index (χ4v) is 2.42. The molecule has 21 heavy (non-hydrogen) atoms. The van der Waals surface area contributed by atoms with Gasteiger partial charge in [-0.2, -0.15) is 0 Å². The molecule has 3 atom stereocenters. The van der Waals surface area contributed by atoms with Gasteiger partial charge in [0.2, 0.25) is 0 Å². The lowest BCUT2D eigenvalue weighted by Crippen LogP contribution is -2.54. The summed E-state index contributed by atoms with van der Waals surface area (Å²) in [6.45, 7) is 6.95. The van der Waals surface area contributed by atoms with Gasteiger partial charge < -0.3 is 15.4 Å². The van der Waals surface area contributed by atoms with Crippen LogP contribution in [0.2, 0.25) is 0 Å². The first-order chi connectivity index (χ1) is 9.56. The molecule has 3 unspecified atom stereocenters. The molecule has 1 aliphatic rings. The van der Waals surface area contributed by atoms with E-state index < -0.39 is 6.10 Å². The highest BCUT2D eigenvalue weighted by Crippen LogP contribution is 2.14. The van der Waals surface area contributed by atoms with Crippen LogP contribution in [0.15, 0.2) is 24.3 Å². The third kappa shape index (κ3) is 5.21. The first-order valence-corrected chi connectivity index (χ1v) is 7.33. The zero-order valence-corrected chi connectivity index (χ0v) is 13.7. The van der Waals surface area contributed by atoms with Gasteiger partial charge >= 0.3 is 0 Å². The number of piperidine rings is 1. The first-order valence-electron chi connectivity index (χ1n) is 7.33. The van der Waals surface area contributed by atoms with Crippen molar-refractivity contribution in [2.75, 3.05) is 6.54 Å². The number of nitrogens with one attached hydrogen (secondary N) is 2. The molecule has 0 aliphatic carbocycles. The molecule has 0 aromatic heterocycles. The molecule has 5 heteroatoms. The van der Waals surface area contributed by atoms with Crippen LogP contribution in [0.4, 0.5) is 0 Å². The lowest BCUT2D eigenvalue weighted by Gasteiger charge is -2.31. The minimum Gasteiger partial charge on any atom is -0.481 e. The highest BCUT2D eigenvalue weighted by Gasteiger charge is 2.25. The molecule has 1 aromatic rings. The lowest BCUT2D eigenvalue weighted by atomic mass is 10.00. The smallest absolute Gasteiger partial charge is 0.261 e. The fraction of sp³-hybridized carbons (Fsp3) is 0.562. The lowest BCUT2D eigenvalue weighted by molar-refractivity contribution is -0.128. The fourth-order valence-electron chi connectivity index (χ4n) is 2.42. The third-order valence-corrected chi connectivity index (χ3v) is 3.79. The van der Waals surface area contributed by atoms with E-state index in [2.05, 4.69) is 17.6 Å². The van der Waals surface area contributed by atoms with Crippen LogP contribution in [0.1, 0.15) is 32.3 Å². The second-order valence-electron chi connectivity index (χ2n) is 5.57. The van der Waals surface area contributed by atoms with Gasteiger partial charge in [0.05, 0.1) is 0 Å². The molecule has 1 heterocycles. The Hall–Kier alpha value is -1.26. The number of rotatable bonds is 4. The molecule has 1 amide bonds. The van der Waals surface area contributed by atoms with Crippen molar-refractivity contribution >= 4 is 18.3 Å². The Morgan fingerprint density at radius 2 is 2.05 bits per heavy atom. The molecule has 0 radical (unpaired) electrons. The summed E-state index contributed by atoms with van der Waals surface area (Å²) in [6, 6.07) is 8.26. The van der Waals surface area contributed by atoms with Crippen LogP contribution >= 0.6 is 12.4 Å². The predicted molar refractivity (Wildman–Crippen MR) is 87.1 cm³/mol. The summed E-state index contributed by atoms with van der Waals surface area (Å²) in [7, 11) is 0. The molecule has 1 aromatic carbocycles. The average Bonchev–Trinajstić information content (AvgIpc) is 2.44. The topological polar surface area (TPSA) is 50.4 Å². The molecule has 2 N–H and O–H groups in total. The standard InChI is InChI=1S/C16H24N2O2.ClH/c1-11-6-8-14(9-7-11)20-13(3)16(19)18-15-5-4-10-17-12(15)2;/h6-9,12-13,15,17H,4-5,10H2,1-3H3,(H,18,19);1H. The Kier molecular flexibility index (Phi) is 6.99. The molecule has 4 nitrogen and oxygen atoms in total. The van der Waals surface area contributed by atoms with Crippen LogP contribution in [-0.4, -0.2) is 30.6 Å². The number of benzene rings is 1. The summed E-state index contributed by atoms with van der Waals surface area (Å²) in [5, 5.41) is 6.45. The molecule has 1 fully saturated rings. The molecule has 118 valence electrons. The summed E-state index contributed by atoms with van der Waals surface area (Å²) in [4.78, 5) is 12.2. The summed E-state index contributed by atoms with van der Waals surface area (Å²) >= 11 is 0. The maximum atomic E-state index is 12.2. The van der Waals surface area contributed by atoms with Crippen molar-refractivity contribution in [1.29, 1.82) is 0 Å². The number of ether oxygens (including phenoxy) is 1. The Labute approximate surface area is 133 Å². The van der Waals surface area contributed by atoms with E-state index >= 15 is 0 Å². The SMILES string of the molecule is Cc1ccc(OC(C)C(=O)NC2CCCNC2C)cc1.Cl. The van der Waals surface area contributed by atoms with E-state index in [4.69, 9.17) is 4.74 Å². The number of aryl methyl sites for hydroxylation is 1. The van der Waals surface area contributed by atoms with E-state index in [0.29, 0.717) is 6.04 Å².